The van der Waals surface area contributed by atoms with Crippen LogP contribution in [-0.2, 0) is 4.79 Å². The maximum atomic E-state index is 11.5. The molecular formula is C13H19N3O3. The van der Waals surface area contributed by atoms with E-state index in [0.29, 0.717) is 0 Å². The third-order valence-corrected chi connectivity index (χ3v) is 2.76. The summed E-state index contributed by atoms with van der Waals surface area (Å²) in [5, 5.41) is 5.11. The van der Waals surface area contributed by atoms with Gasteiger partial charge in [-0.1, -0.05) is 12.1 Å². The van der Waals surface area contributed by atoms with Gasteiger partial charge in [0.2, 0.25) is 5.91 Å². The molecule has 104 valence electrons. The van der Waals surface area contributed by atoms with E-state index in [-0.39, 0.29) is 6.04 Å². The van der Waals surface area contributed by atoms with Crippen LogP contribution in [0.4, 0.5) is 4.79 Å². The van der Waals surface area contributed by atoms with Crippen LogP contribution in [0.3, 0.4) is 0 Å². The third kappa shape index (κ3) is 4.59. The van der Waals surface area contributed by atoms with Crippen molar-refractivity contribution >= 4 is 11.9 Å². The van der Waals surface area contributed by atoms with Crippen molar-refractivity contribution in [3.63, 3.8) is 0 Å². The number of amides is 3. The third-order valence-electron chi connectivity index (χ3n) is 2.76. The number of primary amides is 1. The lowest BCUT2D eigenvalue weighted by Gasteiger charge is -2.19. The van der Waals surface area contributed by atoms with Crippen LogP contribution in [0.2, 0.25) is 0 Å². The highest BCUT2D eigenvalue weighted by Crippen LogP contribution is 2.17. The summed E-state index contributed by atoms with van der Waals surface area (Å²) >= 11 is 0. The van der Waals surface area contributed by atoms with Gasteiger partial charge in [-0.3, -0.25) is 15.4 Å². The Labute approximate surface area is 112 Å². The summed E-state index contributed by atoms with van der Waals surface area (Å²) in [7, 11) is 1.60. The van der Waals surface area contributed by atoms with Gasteiger partial charge in [-0.15, -0.1) is 0 Å². The van der Waals surface area contributed by atoms with Gasteiger partial charge in [-0.05, 0) is 31.5 Å². The Balaban J connectivity index is 2.60. The molecular weight excluding hydrogens is 246 g/mol. The Morgan fingerprint density at radius 1 is 1.21 bits per heavy atom. The lowest BCUT2D eigenvalue weighted by Crippen LogP contribution is -2.47. The minimum atomic E-state index is -0.851. The largest absolute Gasteiger partial charge is 0.497 e. The van der Waals surface area contributed by atoms with Gasteiger partial charge in [-0.25, -0.2) is 4.79 Å². The van der Waals surface area contributed by atoms with Crippen molar-refractivity contribution in [3.8, 4) is 5.75 Å². The molecule has 1 rings (SSSR count). The van der Waals surface area contributed by atoms with E-state index in [1.807, 2.05) is 36.5 Å². The molecule has 2 atom stereocenters. The molecule has 0 radical (unpaired) electrons. The number of ether oxygens (including phenoxy) is 1. The average molecular weight is 265 g/mol. The van der Waals surface area contributed by atoms with Gasteiger partial charge in [0.05, 0.1) is 13.2 Å². The Morgan fingerprint density at radius 2 is 1.79 bits per heavy atom. The van der Waals surface area contributed by atoms with Crippen molar-refractivity contribution in [2.75, 3.05) is 7.11 Å². The molecule has 6 heteroatoms. The molecule has 1 unspecified atom stereocenters. The van der Waals surface area contributed by atoms with Gasteiger partial charge in [0.25, 0.3) is 0 Å². The molecule has 3 amide bonds. The fourth-order valence-corrected chi connectivity index (χ4v) is 1.67. The van der Waals surface area contributed by atoms with E-state index >= 15 is 0 Å². The number of imide groups is 1. The van der Waals surface area contributed by atoms with E-state index < -0.39 is 18.0 Å². The van der Waals surface area contributed by atoms with Gasteiger partial charge in [0, 0.05) is 6.04 Å². The number of rotatable bonds is 5. The number of nitrogens with two attached hydrogens (primary N) is 1. The van der Waals surface area contributed by atoms with Crippen LogP contribution in [0.5, 0.6) is 5.75 Å². The first kappa shape index (κ1) is 15.0. The number of carbonyl (C=O) groups is 2. The number of benzene rings is 1. The maximum Gasteiger partial charge on any atom is 0.318 e. The zero-order chi connectivity index (χ0) is 14.4. The normalized spacial score (nSPS) is 13.4. The van der Waals surface area contributed by atoms with E-state index in [9.17, 15) is 9.59 Å². The SMILES string of the molecule is COc1ccc([C@H](C)NC(C)C(=O)NC(N)=O)cc1. The van der Waals surface area contributed by atoms with Crippen molar-refractivity contribution < 1.29 is 14.3 Å². The summed E-state index contributed by atoms with van der Waals surface area (Å²) < 4.78 is 5.08. The number of carbonyl (C=O) groups excluding carboxylic acids is 2. The molecule has 1 aromatic carbocycles. The molecule has 0 aliphatic carbocycles. The second-order valence-corrected chi connectivity index (χ2v) is 4.24. The summed E-state index contributed by atoms with van der Waals surface area (Å²) in [4.78, 5) is 22.1. The van der Waals surface area contributed by atoms with Gasteiger partial charge >= 0.3 is 6.03 Å². The summed E-state index contributed by atoms with van der Waals surface area (Å²) in [6.45, 7) is 3.59. The summed E-state index contributed by atoms with van der Waals surface area (Å²) in [6.07, 6.45) is 0. The quantitative estimate of drug-likeness (QED) is 0.738. The Hall–Kier alpha value is -2.08. The zero-order valence-corrected chi connectivity index (χ0v) is 11.3. The molecule has 0 heterocycles. The first-order valence-electron chi connectivity index (χ1n) is 5.94. The average Bonchev–Trinajstić information content (AvgIpc) is 2.37. The van der Waals surface area contributed by atoms with Crippen molar-refractivity contribution in [3.05, 3.63) is 29.8 Å². The minimum absolute atomic E-state index is 0.0421. The number of methoxy groups -OCH3 is 1. The second-order valence-electron chi connectivity index (χ2n) is 4.24. The molecule has 19 heavy (non-hydrogen) atoms. The van der Waals surface area contributed by atoms with Crippen molar-refractivity contribution in [2.24, 2.45) is 5.73 Å². The van der Waals surface area contributed by atoms with E-state index in [1.54, 1.807) is 14.0 Å². The molecule has 0 aliphatic heterocycles. The smallest absolute Gasteiger partial charge is 0.318 e. The van der Waals surface area contributed by atoms with Crippen molar-refractivity contribution in [1.29, 1.82) is 0 Å². The van der Waals surface area contributed by atoms with Crippen molar-refractivity contribution in [1.82, 2.24) is 10.6 Å². The lowest BCUT2D eigenvalue weighted by atomic mass is 10.1. The zero-order valence-electron chi connectivity index (χ0n) is 11.3. The van der Waals surface area contributed by atoms with Crippen LogP contribution in [0.25, 0.3) is 0 Å². The lowest BCUT2D eigenvalue weighted by molar-refractivity contribution is -0.121. The Kier molecular flexibility index (Phi) is 5.32. The molecule has 6 nitrogen and oxygen atoms in total. The molecule has 4 N–H and O–H groups in total. The highest BCUT2D eigenvalue weighted by molar-refractivity contribution is 5.96. The fourth-order valence-electron chi connectivity index (χ4n) is 1.67. The van der Waals surface area contributed by atoms with E-state index in [1.165, 1.54) is 0 Å². The summed E-state index contributed by atoms with van der Waals surface area (Å²) in [5.41, 5.74) is 5.91. The molecule has 0 aromatic heterocycles. The summed E-state index contributed by atoms with van der Waals surface area (Å²) in [5.74, 6) is 0.323. The van der Waals surface area contributed by atoms with Gasteiger partial charge in [0.15, 0.2) is 0 Å². The molecule has 0 fully saturated rings. The second kappa shape index (κ2) is 6.75. The molecule has 0 saturated heterocycles. The summed E-state index contributed by atoms with van der Waals surface area (Å²) in [6, 6.07) is 6.10. The van der Waals surface area contributed by atoms with E-state index in [2.05, 4.69) is 5.32 Å². The standard InChI is InChI=1S/C13H19N3O3/c1-8(10-4-6-11(19-3)7-5-10)15-9(2)12(17)16-13(14)18/h4-9,15H,1-3H3,(H3,14,16,17,18)/t8-,9?/m0/s1. The molecule has 1 aromatic rings. The molecule has 0 saturated carbocycles. The maximum absolute atomic E-state index is 11.5. The fraction of sp³-hybridized carbons (Fsp3) is 0.385. The van der Waals surface area contributed by atoms with Crippen LogP contribution < -0.4 is 21.1 Å². The van der Waals surface area contributed by atoms with Crippen LogP contribution in [0.1, 0.15) is 25.5 Å². The molecule has 0 aliphatic rings. The monoisotopic (exact) mass is 265 g/mol. The van der Waals surface area contributed by atoms with E-state index in [4.69, 9.17) is 10.5 Å². The number of hydrogen-bond donors (Lipinski definition) is 3. The van der Waals surface area contributed by atoms with Gasteiger partial charge in [0.1, 0.15) is 5.75 Å². The van der Waals surface area contributed by atoms with Crippen molar-refractivity contribution in [2.45, 2.75) is 25.9 Å². The molecule has 0 spiro atoms. The van der Waals surface area contributed by atoms with Crippen LogP contribution in [0.15, 0.2) is 24.3 Å². The molecule has 0 bridgehead atoms. The van der Waals surface area contributed by atoms with Gasteiger partial charge < -0.3 is 10.5 Å². The van der Waals surface area contributed by atoms with E-state index in [0.717, 1.165) is 11.3 Å². The number of urea groups is 1. The first-order valence-corrected chi connectivity index (χ1v) is 5.94. The number of nitrogens with one attached hydrogen (secondary N) is 2. The minimum Gasteiger partial charge on any atom is -0.497 e. The predicted octanol–water partition coefficient (Wildman–Crippen LogP) is 0.929. The van der Waals surface area contributed by atoms with Crippen LogP contribution in [0, 0.1) is 0 Å². The highest BCUT2D eigenvalue weighted by Gasteiger charge is 2.17. The van der Waals surface area contributed by atoms with Gasteiger partial charge in [-0.2, -0.15) is 0 Å². The van der Waals surface area contributed by atoms with Crippen LogP contribution >= 0.6 is 0 Å². The van der Waals surface area contributed by atoms with Crippen LogP contribution in [-0.4, -0.2) is 25.1 Å². The highest BCUT2D eigenvalue weighted by atomic mass is 16.5. The topological polar surface area (TPSA) is 93.4 Å². The Morgan fingerprint density at radius 3 is 2.26 bits per heavy atom. The Bertz CT molecular complexity index is 445. The number of hydrogen-bond acceptors (Lipinski definition) is 4. The first-order chi connectivity index (χ1) is 8.93. The predicted molar refractivity (Wildman–Crippen MR) is 71.7 cm³/mol.